The minimum atomic E-state index is -0.479. The van der Waals surface area contributed by atoms with Gasteiger partial charge in [0, 0.05) is 13.0 Å². The summed E-state index contributed by atoms with van der Waals surface area (Å²) in [5, 5.41) is 14.2. The number of aryl methyl sites for hydroxylation is 1. The van der Waals surface area contributed by atoms with E-state index in [0.29, 0.717) is 13.0 Å². The molecular weight excluding hydrogens is 302 g/mol. The Labute approximate surface area is 140 Å². The Bertz CT molecular complexity index is 786. The molecule has 0 aliphatic heterocycles. The lowest BCUT2D eigenvalue weighted by Gasteiger charge is -2.16. The van der Waals surface area contributed by atoms with Gasteiger partial charge in [-0.15, -0.1) is 5.10 Å². The number of benzene rings is 2. The maximum absolute atomic E-state index is 12.7. The van der Waals surface area contributed by atoms with E-state index in [1.165, 1.54) is 16.6 Å². The lowest BCUT2D eigenvalue weighted by atomic mass is 10.1. The number of carbonyl (C=O) groups excluding carboxylic acids is 1. The zero-order chi connectivity index (χ0) is 16.8. The number of rotatable bonds is 6. The fraction of sp³-hybridized carbons (Fsp3) is 0.222. The zero-order valence-corrected chi connectivity index (χ0v) is 13.5. The van der Waals surface area contributed by atoms with Crippen LogP contribution in [0, 0.1) is 6.92 Å². The van der Waals surface area contributed by atoms with E-state index in [4.69, 9.17) is 0 Å². The molecule has 1 N–H and O–H groups in total. The molecule has 1 unspecified atom stereocenters. The van der Waals surface area contributed by atoms with Crippen LogP contribution in [0.1, 0.15) is 22.7 Å². The molecule has 6 nitrogen and oxygen atoms in total. The van der Waals surface area contributed by atoms with E-state index in [-0.39, 0.29) is 5.91 Å². The summed E-state index contributed by atoms with van der Waals surface area (Å²) in [7, 11) is 0. The molecule has 0 spiro atoms. The Morgan fingerprint density at radius 2 is 1.92 bits per heavy atom. The van der Waals surface area contributed by atoms with Crippen LogP contribution in [0.2, 0.25) is 0 Å². The zero-order valence-electron chi connectivity index (χ0n) is 13.5. The van der Waals surface area contributed by atoms with E-state index >= 15 is 0 Å². The van der Waals surface area contributed by atoms with Gasteiger partial charge in [-0.3, -0.25) is 4.79 Å². The largest absolute Gasteiger partial charge is 0.350 e. The van der Waals surface area contributed by atoms with Crippen molar-refractivity contribution in [1.82, 2.24) is 25.5 Å². The second kappa shape index (κ2) is 7.50. The summed E-state index contributed by atoms with van der Waals surface area (Å²) < 4.78 is 1.50. The Morgan fingerprint density at radius 3 is 2.62 bits per heavy atom. The van der Waals surface area contributed by atoms with Crippen LogP contribution in [0.15, 0.2) is 60.9 Å². The summed E-state index contributed by atoms with van der Waals surface area (Å²) in [4.78, 5) is 12.7. The van der Waals surface area contributed by atoms with Crippen LogP contribution in [-0.2, 0) is 17.8 Å². The molecule has 1 amide bonds. The summed E-state index contributed by atoms with van der Waals surface area (Å²) in [6.45, 7) is 2.51. The average Bonchev–Trinajstić information content (AvgIpc) is 3.13. The predicted octanol–water partition coefficient (Wildman–Crippen LogP) is 2.08. The fourth-order valence-electron chi connectivity index (χ4n) is 2.58. The monoisotopic (exact) mass is 321 g/mol. The molecule has 6 heteroatoms. The van der Waals surface area contributed by atoms with Crippen molar-refractivity contribution in [1.29, 1.82) is 0 Å². The first-order chi connectivity index (χ1) is 11.7. The Kier molecular flexibility index (Phi) is 4.96. The van der Waals surface area contributed by atoms with Gasteiger partial charge in [0.15, 0.2) is 0 Å². The Hall–Kier alpha value is -3.02. The second-order valence-electron chi connectivity index (χ2n) is 5.70. The van der Waals surface area contributed by atoms with Crippen LogP contribution in [0.3, 0.4) is 0 Å². The van der Waals surface area contributed by atoms with E-state index in [2.05, 4.69) is 26.9 Å². The fourth-order valence-corrected chi connectivity index (χ4v) is 2.58. The highest BCUT2D eigenvalue weighted by atomic mass is 16.2. The van der Waals surface area contributed by atoms with Gasteiger partial charge in [-0.1, -0.05) is 60.2 Å². The summed E-state index contributed by atoms with van der Waals surface area (Å²) in [5.41, 5.74) is 3.30. The highest BCUT2D eigenvalue weighted by Gasteiger charge is 2.22. The highest BCUT2D eigenvalue weighted by molar-refractivity contribution is 5.80. The van der Waals surface area contributed by atoms with Gasteiger partial charge in [-0.05, 0) is 28.5 Å². The van der Waals surface area contributed by atoms with Gasteiger partial charge in [0.25, 0.3) is 0 Å². The van der Waals surface area contributed by atoms with Crippen molar-refractivity contribution in [3.8, 4) is 0 Å². The van der Waals surface area contributed by atoms with Crippen LogP contribution in [0.5, 0.6) is 0 Å². The highest BCUT2D eigenvalue weighted by Crippen LogP contribution is 2.13. The molecule has 0 bridgehead atoms. The van der Waals surface area contributed by atoms with Gasteiger partial charge in [-0.2, -0.15) is 0 Å². The molecule has 0 saturated carbocycles. The summed E-state index contributed by atoms with van der Waals surface area (Å²) in [6.07, 6.45) is 2.01. The van der Waals surface area contributed by atoms with Crippen molar-refractivity contribution in [2.75, 3.05) is 0 Å². The third kappa shape index (κ3) is 4.04. The molecule has 122 valence electrons. The Balaban J connectivity index is 1.71. The molecule has 3 rings (SSSR count). The van der Waals surface area contributed by atoms with E-state index in [1.54, 1.807) is 0 Å². The molecule has 2 aromatic carbocycles. The smallest absolute Gasteiger partial charge is 0.245 e. The quantitative estimate of drug-likeness (QED) is 0.754. The summed E-state index contributed by atoms with van der Waals surface area (Å²) >= 11 is 0. The van der Waals surface area contributed by atoms with Gasteiger partial charge in [0.05, 0.1) is 0 Å². The van der Waals surface area contributed by atoms with Crippen LogP contribution < -0.4 is 5.32 Å². The van der Waals surface area contributed by atoms with E-state index < -0.39 is 6.04 Å². The third-order valence-electron chi connectivity index (χ3n) is 3.81. The molecule has 0 radical (unpaired) electrons. The van der Waals surface area contributed by atoms with E-state index in [9.17, 15) is 4.79 Å². The third-order valence-corrected chi connectivity index (χ3v) is 3.81. The van der Waals surface area contributed by atoms with Crippen molar-refractivity contribution in [2.24, 2.45) is 0 Å². The van der Waals surface area contributed by atoms with Gasteiger partial charge in [0.1, 0.15) is 12.4 Å². The molecule has 3 aromatic rings. The maximum atomic E-state index is 12.7. The number of hydrogen-bond donors (Lipinski definition) is 1. The first kappa shape index (κ1) is 15.9. The van der Waals surface area contributed by atoms with Crippen LogP contribution in [0.25, 0.3) is 0 Å². The molecule has 1 aromatic heterocycles. The van der Waals surface area contributed by atoms with Gasteiger partial charge >= 0.3 is 0 Å². The van der Waals surface area contributed by atoms with Crippen LogP contribution >= 0.6 is 0 Å². The Morgan fingerprint density at radius 1 is 1.12 bits per heavy atom. The lowest BCUT2D eigenvalue weighted by molar-refractivity contribution is -0.124. The predicted molar refractivity (Wildman–Crippen MR) is 90.0 cm³/mol. The second-order valence-corrected chi connectivity index (χ2v) is 5.70. The standard InChI is InChI=1S/C18H19N5O/c1-14-6-5-9-16(10-14)12-19-18(24)17(23-13-20-21-22-23)11-15-7-3-2-4-8-15/h2-10,13,17H,11-12H2,1H3,(H,19,24). The first-order valence-electron chi connectivity index (χ1n) is 7.82. The summed E-state index contributed by atoms with van der Waals surface area (Å²) in [5.74, 6) is -0.104. The number of carbonyl (C=O) groups is 1. The average molecular weight is 321 g/mol. The van der Waals surface area contributed by atoms with Gasteiger partial charge < -0.3 is 5.32 Å². The van der Waals surface area contributed by atoms with Crippen molar-refractivity contribution in [2.45, 2.75) is 25.9 Å². The minimum Gasteiger partial charge on any atom is -0.350 e. The molecule has 1 atom stereocenters. The maximum Gasteiger partial charge on any atom is 0.245 e. The number of tetrazole rings is 1. The van der Waals surface area contributed by atoms with Gasteiger partial charge in [-0.25, -0.2) is 4.68 Å². The SMILES string of the molecule is Cc1cccc(CNC(=O)C(Cc2ccccc2)n2cnnn2)c1. The number of aromatic nitrogens is 4. The molecule has 0 saturated heterocycles. The van der Waals surface area contributed by atoms with Crippen LogP contribution in [0.4, 0.5) is 0 Å². The molecule has 24 heavy (non-hydrogen) atoms. The van der Waals surface area contributed by atoms with Crippen molar-refractivity contribution < 1.29 is 4.79 Å². The van der Waals surface area contributed by atoms with Crippen molar-refractivity contribution in [3.05, 3.63) is 77.6 Å². The summed E-state index contributed by atoms with van der Waals surface area (Å²) in [6, 6.07) is 17.4. The van der Waals surface area contributed by atoms with Gasteiger partial charge in [0.2, 0.25) is 5.91 Å². The molecule has 1 heterocycles. The van der Waals surface area contributed by atoms with E-state index in [0.717, 1.165) is 11.1 Å². The molecular formula is C18H19N5O. The topological polar surface area (TPSA) is 72.7 Å². The first-order valence-corrected chi connectivity index (χ1v) is 7.82. The number of nitrogens with one attached hydrogen (secondary N) is 1. The molecule has 0 fully saturated rings. The number of amides is 1. The normalized spacial score (nSPS) is 11.9. The number of nitrogens with zero attached hydrogens (tertiary/aromatic N) is 4. The minimum absolute atomic E-state index is 0.104. The van der Waals surface area contributed by atoms with Crippen molar-refractivity contribution >= 4 is 5.91 Å². The number of hydrogen-bond acceptors (Lipinski definition) is 4. The van der Waals surface area contributed by atoms with Crippen molar-refractivity contribution in [3.63, 3.8) is 0 Å². The molecule has 0 aliphatic carbocycles. The molecule has 0 aliphatic rings. The van der Waals surface area contributed by atoms with Crippen LogP contribution in [-0.4, -0.2) is 26.1 Å². The lowest BCUT2D eigenvalue weighted by Crippen LogP contribution is -2.34. The van der Waals surface area contributed by atoms with E-state index in [1.807, 2.05) is 55.5 Å².